The van der Waals surface area contributed by atoms with Gasteiger partial charge in [-0.15, -0.1) is 0 Å². The van der Waals surface area contributed by atoms with Crippen molar-refractivity contribution in [2.24, 2.45) is 0 Å². The Morgan fingerprint density at radius 3 is 2.48 bits per heavy atom. The summed E-state index contributed by atoms with van der Waals surface area (Å²) >= 11 is 0. The van der Waals surface area contributed by atoms with Gasteiger partial charge in [0.25, 0.3) is 0 Å². The minimum absolute atomic E-state index is 0.147. The maximum atomic E-state index is 11.9. The van der Waals surface area contributed by atoms with E-state index in [-0.39, 0.29) is 6.04 Å². The summed E-state index contributed by atoms with van der Waals surface area (Å²) in [5.74, 6) is 0.557. The minimum atomic E-state index is -0.757. The van der Waals surface area contributed by atoms with Crippen LogP contribution in [0.25, 0.3) is 0 Å². The van der Waals surface area contributed by atoms with E-state index in [0.717, 1.165) is 36.1 Å². The highest BCUT2D eigenvalue weighted by atomic mass is 16.5. The van der Waals surface area contributed by atoms with Gasteiger partial charge in [0.05, 0.1) is 20.3 Å². The Labute approximate surface area is 160 Å². The molecule has 2 atom stereocenters. The maximum absolute atomic E-state index is 11.9. The molecule has 2 unspecified atom stereocenters. The van der Waals surface area contributed by atoms with Gasteiger partial charge in [0.1, 0.15) is 6.04 Å². The number of aryl methyl sites for hydroxylation is 1. The zero-order valence-corrected chi connectivity index (χ0v) is 16.1. The highest BCUT2D eigenvalue weighted by Gasteiger charge is 2.35. The summed E-state index contributed by atoms with van der Waals surface area (Å²) in [6, 6.07) is 13.5. The van der Waals surface area contributed by atoms with Crippen LogP contribution in [0.3, 0.4) is 0 Å². The van der Waals surface area contributed by atoms with Crippen LogP contribution in [0.4, 0.5) is 0 Å². The Balaban J connectivity index is 2.11. The van der Waals surface area contributed by atoms with E-state index in [2.05, 4.69) is 30.0 Å². The van der Waals surface area contributed by atoms with Crippen LogP contribution in [0.15, 0.2) is 42.5 Å². The van der Waals surface area contributed by atoms with Crippen LogP contribution in [0, 0.1) is 6.92 Å². The normalized spacial score (nSPS) is 18.7. The number of carboxylic acid groups (broad SMARTS) is 1. The van der Waals surface area contributed by atoms with Crippen LogP contribution in [0.5, 0.6) is 11.5 Å². The molecule has 0 aliphatic carbocycles. The van der Waals surface area contributed by atoms with Gasteiger partial charge in [0.2, 0.25) is 0 Å². The van der Waals surface area contributed by atoms with Crippen molar-refractivity contribution in [3.05, 3.63) is 59.2 Å². The Kier molecular flexibility index (Phi) is 6.01. The van der Waals surface area contributed by atoms with E-state index < -0.39 is 12.0 Å². The van der Waals surface area contributed by atoms with Crippen LogP contribution in [-0.4, -0.2) is 42.8 Å². The molecule has 1 aliphatic heterocycles. The summed E-state index contributed by atoms with van der Waals surface area (Å²) in [7, 11) is 3.23. The quantitative estimate of drug-likeness (QED) is 0.833. The molecule has 1 saturated heterocycles. The van der Waals surface area contributed by atoms with Crippen LogP contribution in [-0.2, 0) is 4.79 Å². The smallest absolute Gasteiger partial charge is 0.320 e. The fourth-order valence-electron chi connectivity index (χ4n) is 3.97. The van der Waals surface area contributed by atoms with Gasteiger partial charge in [-0.1, -0.05) is 42.3 Å². The van der Waals surface area contributed by atoms with Crippen LogP contribution in [0.1, 0.15) is 42.0 Å². The summed E-state index contributed by atoms with van der Waals surface area (Å²) in [6.07, 6.45) is 2.62. The average Bonchev–Trinajstić information content (AvgIpc) is 2.68. The number of benzene rings is 2. The van der Waals surface area contributed by atoms with Crippen LogP contribution >= 0.6 is 0 Å². The Bertz CT molecular complexity index is 805. The minimum Gasteiger partial charge on any atom is -0.493 e. The predicted molar refractivity (Wildman–Crippen MR) is 105 cm³/mol. The highest BCUT2D eigenvalue weighted by molar-refractivity contribution is 5.73. The third-order valence-corrected chi connectivity index (χ3v) is 5.24. The second-order valence-corrected chi connectivity index (χ2v) is 7.02. The number of rotatable bonds is 6. The van der Waals surface area contributed by atoms with Crippen molar-refractivity contribution in [3.63, 3.8) is 0 Å². The molecule has 0 bridgehead atoms. The number of nitrogens with zero attached hydrogens (tertiary/aromatic N) is 1. The Hall–Kier alpha value is -2.53. The standard InChI is InChI=1S/C22H27NO4/c1-15-7-6-8-16(13-15)21(23-12-5-4-9-18(23)22(24)25)17-10-11-19(26-2)20(14-17)27-3/h6-8,10-11,13-14,18,21H,4-5,9,12H2,1-3H3,(H,24,25). The number of methoxy groups -OCH3 is 2. The first-order valence-corrected chi connectivity index (χ1v) is 9.32. The number of piperidine rings is 1. The SMILES string of the molecule is COc1ccc(C(c2cccc(C)c2)N2CCCCC2C(=O)O)cc1OC. The van der Waals surface area contributed by atoms with E-state index in [1.165, 1.54) is 0 Å². The molecule has 0 radical (unpaired) electrons. The third kappa shape index (κ3) is 4.08. The molecule has 1 fully saturated rings. The van der Waals surface area contributed by atoms with E-state index >= 15 is 0 Å². The van der Waals surface area contributed by atoms with Crippen molar-refractivity contribution in [2.45, 2.75) is 38.3 Å². The topological polar surface area (TPSA) is 59.0 Å². The lowest BCUT2D eigenvalue weighted by Crippen LogP contribution is -2.46. The first-order valence-electron chi connectivity index (χ1n) is 9.32. The second-order valence-electron chi connectivity index (χ2n) is 7.02. The zero-order valence-electron chi connectivity index (χ0n) is 16.1. The summed E-state index contributed by atoms with van der Waals surface area (Å²) in [5, 5.41) is 9.80. The number of ether oxygens (including phenoxy) is 2. The average molecular weight is 369 g/mol. The molecule has 0 saturated carbocycles. The van der Waals surface area contributed by atoms with E-state index in [0.29, 0.717) is 17.9 Å². The molecule has 1 heterocycles. The molecule has 1 N–H and O–H groups in total. The number of likely N-dealkylation sites (tertiary alicyclic amines) is 1. The van der Waals surface area contributed by atoms with Crippen molar-refractivity contribution >= 4 is 5.97 Å². The number of carbonyl (C=O) groups is 1. The zero-order chi connectivity index (χ0) is 19.4. The van der Waals surface area contributed by atoms with E-state index in [9.17, 15) is 9.90 Å². The van der Waals surface area contributed by atoms with Gasteiger partial charge in [-0.05, 0) is 49.6 Å². The Morgan fingerprint density at radius 2 is 1.81 bits per heavy atom. The fraction of sp³-hybridized carbons (Fsp3) is 0.409. The van der Waals surface area contributed by atoms with Crippen molar-refractivity contribution in [1.29, 1.82) is 0 Å². The van der Waals surface area contributed by atoms with Gasteiger partial charge >= 0.3 is 5.97 Å². The van der Waals surface area contributed by atoms with Gasteiger partial charge in [-0.3, -0.25) is 9.69 Å². The van der Waals surface area contributed by atoms with Gasteiger partial charge in [0, 0.05) is 0 Å². The number of hydrogen-bond acceptors (Lipinski definition) is 4. The summed E-state index contributed by atoms with van der Waals surface area (Å²) < 4.78 is 10.9. The lowest BCUT2D eigenvalue weighted by molar-refractivity contribution is -0.145. The number of hydrogen-bond donors (Lipinski definition) is 1. The van der Waals surface area contributed by atoms with Crippen molar-refractivity contribution in [1.82, 2.24) is 4.90 Å². The summed E-state index contributed by atoms with van der Waals surface area (Å²) in [5.41, 5.74) is 3.25. The van der Waals surface area contributed by atoms with E-state index in [1.54, 1.807) is 14.2 Å². The number of aliphatic carboxylic acids is 1. The van der Waals surface area contributed by atoms with Gasteiger partial charge in [-0.25, -0.2) is 0 Å². The van der Waals surface area contributed by atoms with E-state index in [1.807, 2.05) is 24.3 Å². The molecular weight excluding hydrogens is 342 g/mol. The van der Waals surface area contributed by atoms with Crippen LogP contribution in [0.2, 0.25) is 0 Å². The molecule has 0 amide bonds. The second kappa shape index (κ2) is 8.44. The number of carboxylic acids is 1. The molecular formula is C22H27NO4. The predicted octanol–water partition coefficient (Wildman–Crippen LogP) is 4.04. The first kappa shape index (κ1) is 19.2. The van der Waals surface area contributed by atoms with Crippen molar-refractivity contribution in [2.75, 3.05) is 20.8 Å². The largest absolute Gasteiger partial charge is 0.493 e. The molecule has 0 spiro atoms. The molecule has 2 aromatic carbocycles. The molecule has 0 aromatic heterocycles. The Morgan fingerprint density at radius 1 is 1.07 bits per heavy atom. The molecule has 2 aromatic rings. The molecule has 3 rings (SSSR count). The third-order valence-electron chi connectivity index (χ3n) is 5.24. The monoisotopic (exact) mass is 369 g/mol. The molecule has 5 heteroatoms. The molecule has 144 valence electrons. The molecule has 27 heavy (non-hydrogen) atoms. The molecule has 1 aliphatic rings. The van der Waals surface area contributed by atoms with Gasteiger partial charge in [-0.2, -0.15) is 0 Å². The van der Waals surface area contributed by atoms with Crippen LogP contribution < -0.4 is 9.47 Å². The highest BCUT2D eigenvalue weighted by Crippen LogP contribution is 2.38. The van der Waals surface area contributed by atoms with Crippen molar-refractivity contribution in [3.8, 4) is 11.5 Å². The summed E-state index contributed by atoms with van der Waals surface area (Å²) in [6.45, 7) is 2.81. The lowest BCUT2D eigenvalue weighted by atomic mass is 9.91. The fourth-order valence-corrected chi connectivity index (χ4v) is 3.97. The maximum Gasteiger partial charge on any atom is 0.320 e. The van der Waals surface area contributed by atoms with Gasteiger partial charge in [0.15, 0.2) is 11.5 Å². The first-order chi connectivity index (χ1) is 13.0. The lowest BCUT2D eigenvalue weighted by Gasteiger charge is -2.39. The van der Waals surface area contributed by atoms with E-state index in [4.69, 9.17) is 9.47 Å². The van der Waals surface area contributed by atoms with Crippen molar-refractivity contribution < 1.29 is 19.4 Å². The molecule has 5 nitrogen and oxygen atoms in total. The van der Waals surface area contributed by atoms with Gasteiger partial charge < -0.3 is 14.6 Å². The summed E-state index contributed by atoms with van der Waals surface area (Å²) in [4.78, 5) is 14.0.